The van der Waals surface area contributed by atoms with Crippen molar-refractivity contribution in [2.75, 3.05) is 46.8 Å². The average molecular weight is 239 g/mol. The fourth-order valence-corrected chi connectivity index (χ4v) is 3.17. The molecule has 1 saturated carbocycles. The summed E-state index contributed by atoms with van der Waals surface area (Å²) in [6.45, 7) is 6.06. The highest BCUT2D eigenvalue weighted by molar-refractivity contribution is 4.80. The van der Waals surface area contributed by atoms with Crippen LogP contribution in [0.3, 0.4) is 0 Å². The van der Waals surface area contributed by atoms with E-state index >= 15 is 0 Å². The van der Waals surface area contributed by atoms with Gasteiger partial charge in [-0.05, 0) is 39.4 Å². The number of hydrogen-bond acceptors (Lipinski definition) is 3. The molecule has 0 bridgehead atoms. The number of nitrogens with one attached hydrogen (secondary N) is 1. The number of likely N-dealkylation sites (N-methyl/N-ethyl adjacent to an activating group) is 2. The first-order valence-electron chi connectivity index (χ1n) is 7.35. The van der Waals surface area contributed by atoms with Gasteiger partial charge in [-0.2, -0.15) is 0 Å². The molecule has 1 atom stereocenters. The zero-order chi connectivity index (χ0) is 12.1. The Labute approximate surface area is 107 Å². The zero-order valence-corrected chi connectivity index (χ0v) is 11.6. The van der Waals surface area contributed by atoms with Crippen LogP contribution in [0, 0.1) is 5.92 Å². The van der Waals surface area contributed by atoms with Crippen molar-refractivity contribution in [2.24, 2.45) is 5.92 Å². The van der Waals surface area contributed by atoms with Crippen LogP contribution in [0.5, 0.6) is 0 Å². The van der Waals surface area contributed by atoms with E-state index in [1.54, 1.807) is 0 Å². The highest BCUT2D eigenvalue weighted by Gasteiger charge is 2.22. The summed E-state index contributed by atoms with van der Waals surface area (Å²) in [5, 5.41) is 3.71. The van der Waals surface area contributed by atoms with Gasteiger partial charge in [0, 0.05) is 32.2 Å². The van der Waals surface area contributed by atoms with Gasteiger partial charge in [-0.15, -0.1) is 0 Å². The van der Waals surface area contributed by atoms with Gasteiger partial charge in [-0.25, -0.2) is 0 Å². The standard InChI is InChI=1S/C14H29N3/c1-16-8-9-17(2)14(12-16)11-15-10-13-6-4-3-5-7-13/h13-15H,3-12H2,1-2H3. The number of hydrogen-bond donors (Lipinski definition) is 1. The van der Waals surface area contributed by atoms with Crippen molar-refractivity contribution < 1.29 is 0 Å². The molecular formula is C14H29N3. The Hall–Kier alpha value is -0.120. The van der Waals surface area contributed by atoms with Crippen molar-refractivity contribution in [2.45, 2.75) is 38.1 Å². The lowest BCUT2D eigenvalue weighted by atomic mass is 9.89. The Bertz CT molecular complexity index is 214. The molecule has 1 heterocycles. The van der Waals surface area contributed by atoms with Crippen LogP contribution in [0.2, 0.25) is 0 Å². The Morgan fingerprint density at radius 3 is 2.53 bits per heavy atom. The summed E-state index contributed by atoms with van der Waals surface area (Å²) in [5.41, 5.74) is 0. The largest absolute Gasteiger partial charge is 0.315 e. The molecule has 1 saturated heterocycles. The van der Waals surface area contributed by atoms with Gasteiger partial charge in [0.1, 0.15) is 0 Å². The Morgan fingerprint density at radius 1 is 1.00 bits per heavy atom. The monoisotopic (exact) mass is 239 g/mol. The summed E-state index contributed by atoms with van der Waals surface area (Å²) in [7, 11) is 4.50. The summed E-state index contributed by atoms with van der Waals surface area (Å²) in [6.07, 6.45) is 7.28. The maximum absolute atomic E-state index is 3.71. The lowest BCUT2D eigenvalue weighted by Gasteiger charge is -2.38. The molecule has 17 heavy (non-hydrogen) atoms. The van der Waals surface area contributed by atoms with Gasteiger partial charge in [0.25, 0.3) is 0 Å². The van der Waals surface area contributed by atoms with Gasteiger partial charge < -0.3 is 10.2 Å². The lowest BCUT2D eigenvalue weighted by molar-refractivity contribution is 0.112. The molecule has 2 rings (SSSR count). The molecule has 1 aliphatic carbocycles. The van der Waals surface area contributed by atoms with Gasteiger partial charge in [0.05, 0.1) is 0 Å². The Balaban J connectivity index is 1.63. The fraction of sp³-hybridized carbons (Fsp3) is 1.00. The molecule has 1 aliphatic heterocycles. The molecule has 2 aliphatic rings. The normalized spacial score (nSPS) is 29.6. The first kappa shape index (κ1) is 13.3. The topological polar surface area (TPSA) is 18.5 Å². The maximum atomic E-state index is 3.71. The number of rotatable bonds is 4. The van der Waals surface area contributed by atoms with Crippen LogP contribution in [0.4, 0.5) is 0 Å². The summed E-state index contributed by atoms with van der Waals surface area (Å²) >= 11 is 0. The van der Waals surface area contributed by atoms with E-state index in [0.29, 0.717) is 6.04 Å². The quantitative estimate of drug-likeness (QED) is 0.800. The van der Waals surface area contributed by atoms with E-state index in [4.69, 9.17) is 0 Å². The van der Waals surface area contributed by atoms with Crippen LogP contribution < -0.4 is 5.32 Å². The average Bonchev–Trinajstić information content (AvgIpc) is 2.35. The molecule has 1 N–H and O–H groups in total. The van der Waals surface area contributed by atoms with Gasteiger partial charge in [-0.3, -0.25) is 4.90 Å². The van der Waals surface area contributed by atoms with E-state index < -0.39 is 0 Å². The third-order valence-corrected chi connectivity index (χ3v) is 4.52. The Morgan fingerprint density at radius 2 is 1.76 bits per heavy atom. The van der Waals surface area contributed by atoms with Crippen LogP contribution in [0.1, 0.15) is 32.1 Å². The highest BCUT2D eigenvalue weighted by atomic mass is 15.3. The number of nitrogens with zero attached hydrogens (tertiary/aromatic N) is 2. The van der Waals surface area contributed by atoms with Crippen LogP contribution in [-0.2, 0) is 0 Å². The summed E-state index contributed by atoms with van der Waals surface area (Å²) in [6, 6.07) is 0.706. The van der Waals surface area contributed by atoms with Crippen LogP contribution in [0.25, 0.3) is 0 Å². The molecule has 2 fully saturated rings. The second-order valence-corrected chi connectivity index (χ2v) is 6.06. The molecule has 0 aromatic carbocycles. The molecular weight excluding hydrogens is 210 g/mol. The summed E-state index contributed by atoms with van der Waals surface area (Å²) in [5.74, 6) is 0.954. The third kappa shape index (κ3) is 4.23. The molecule has 0 aromatic heterocycles. The van der Waals surface area contributed by atoms with E-state index in [1.165, 1.54) is 58.3 Å². The van der Waals surface area contributed by atoms with Gasteiger partial charge >= 0.3 is 0 Å². The summed E-state index contributed by atoms with van der Waals surface area (Å²) in [4.78, 5) is 4.96. The molecule has 3 heteroatoms. The van der Waals surface area contributed by atoms with Crippen molar-refractivity contribution in [3.8, 4) is 0 Å². The zero-order valence-electron chi connectivity index (χ0n) is 11.6. The maximum Gasteiger partial charge on any atom is 0.0345 e. The molecule has 1 unspecified atom stereocenters. The molecule has 0 amide bonds. The van der Waals surface area contributed by atoms with E-state index in [1.807, 2.05) is 0 Å². The molecule has 3 nitrogen and oxygen atoms in total. The van der Waals surface area contributed by atoms with Crippen LogP contribution in [-0.4, -0.2) is 62.7 Å². The van der Waals surface area contributed by atoms with Crippen molar-refractivity contribution >= 4 is 0 Å². The Kier molecular flexibility index (Phi) is 5.26. The molecule has 0 radical (unpaired) electrons. The first-order valence-corrected chi connectivity index (χ1v) is 7.35. The second-order valence-electron chi connectivity index (χ2n) is 6.06. The minimum atomic E-state index is 0.706. The SMILES string of the molecule is CN1CCN(C)C(CNCC2CCCCC2)C1. The minimum absolute atomic E-state index is 0.706. The van der Waals surface area contributed by atoms with Crippen LogP contribution >= 0.6 is 0 Å². The second kappa shape index (κ2) is 6.72. The van der Waals surface area contributed by atoms with Crippen molar-refractivity contribution in [3.05, 3.63) is 0 Å². The van der Waals surface area contributed by atoms with E-state index in [9.17, 15) is 0 Å². The van der Waals surface area contributed by atoms with E-state index in [2.05, 4.69) is 29.2 Å². The third-order valence-electron chi connectivity index (χ3n) is 4.52. The van der Waals surface area contributed by atoms with Gasteiger partial charge in [0.15, 0.2) is 0 Å². The first-order chi connectivity index (χ1) is 8.25. The van der Waals surface area contributed by atoms with Crippen molar-refractivity contribution in [3.63, 3.8) is 0 Å². The number of piperazine rings is 1. The predicted octanol–water partition coefficient (Wildman–Crippen LogP) is 1.40. The molecule has 0 aromatic rings. The van der Waals surface area contributed by atoms with E-state index in [0.717, 1.165) is 12.5 Å². The smallest absolute Gasteiger partial charge is 0.0345 e. The molecule has 0 spiro atoms. The molecule has 100 valence electrons. The van der Waals surface area contributed by atoms with Crippen LogP contribution in [0.15, 0.2) is 0 Å². The van der Waals surface area contributed by atoms with E-state index in [-0.39, 0.29) is 0 Å². The van der Waals surface area contributed by atoms with Gasteiger partial charge in [-0.1, -0.05) is 19.3 Å². The lowest BCUT2D eigenvalue weighted by Crippen LogP contribution is -2.54. The summed E-state index contributed by atoms with van der Waals surface area (Å²) < 4.78 is 0. The van der Waals surface area contributed by atoms with Crippen molar-refractivity contribution in [1.29, 1.82) is 0 Å². The predicted molar refractivity (Wildman–Crippen MR) is 73.4 cm³/mol. The fourth-order valence-electron chi connectivity index (χ4n) is 3.17. The van der Waals surface area contributed by atoms with Crippen molar-refractivity contribution in [1.82, 2.24) is 15.1 Å². The minimum Gasteiger partial charge on any atom is -0.315 e. The van der Waals surface area contributed by atoms with Gasteiger partial charge in [0.2, 0.25) is 0 Å². The highest BCUT2D eigenvalue weighted by Crippen LogP contribution is 2.22.